The summed E-state index contributed by atoms with van der Waals surface area (Å²) in [5.74, 6) is 0.620. The van der Waals surface area contributed by atoms with Crippen molar-refractivity contribution in [1.82, 2.24) is 9.19 Å². The maximum absolute atomic E-state index is 4.24. The first kappa shape index (κ1) is 9.65. The number of nitrogens with zero attached hydrogens (tertiary/aromatic N) is 2. The topological polar surface area (TPSA) is 17.8 Å². The number of aromatic nitrogens is 2. The fourth-order valence-corrected chi connectivity index (χ4v) is 1.80. The Hall–Kier alpha value is -0.440. The summed E-state index contributed by atoms with van der Waals surface area (Å²) in [5, 5.41) is 4.05. The van der Waals surface area contributed by atoms with E-state index >= 15 is 0 Å². The van der Waals surface area contributed by atoms with E-state index in [4.69, 9.17) is 0 Å². The summed E-state index contributed by atoms with van der Waals surface area (Å²) in [6.45, 7) is 4.42. The second kappa shape index (κ2) is 4.55. The van der Waals surface area contributed by atoms with Gasteiger partial charge in [0.05, 0.1) is 11.9 Å². The highest BCUT2D eigenvalue weighted by Gasteiger charge is 2.11. The molecule has 0 amide bonds. The molecule has 0 saturated heterocycles. The molecular formula is C9H16N2S. The van der Waals surface area contributed by atoms with E-state index in [0.717, 1.165) is 0 Å². The Bertz CT molecular complexity index is 232. The summed E-state index contributed by atoms with van der Waals surface area (Å²) in [7, 11) is 0. The molecule has 0 bridgehead atoms. The number of rotatable bonds is 4. The van der Waals surface area contributed by atoms with Crippen LogP contribution in [0.25, 0.3) is 0 Å². The van der Waals surface area contributed by atoms with Crippen LogP contribution in [-0.4, -0.2) is 9.19 Å². The van der Waals surface area contributed by atoms with Crippen molar-refractivity contribution in [1.29, 1.82) is 0 Å². The van der Waals surface area contributed by atoms with E-state index in [1.54, 1.807) is 10.3 Å². The van der Waals surface area contributed by atoms with Crippen molar-refractivity contribution in [3.8, 4) is 0 Å². The van der Waals surface area contributed by atoms with E-state index < -0.39 is 0 Å². The zero-order valence-corrected chi connectivity index (χ0v) is 8.59. The summed E-state index contributed by atoms with van der Waals surface area (Å²) in [6.07, 6.45) is 5.42. The van der Waals surface area contributed by atoms with Crippen LogP contribution in [0.3, 0.4) is 0 Å². The highest BCUT2D eigenvalue weighted by atomic mass is 32.1. The first-order chi connectivity index (χ1) is 5.79. The number of thiol groups is 1. The van der Waals surface area contributed by atoms with Crippen LogP contribution < -0.4 is 0 Å². The summed E-state index contributed by atoms with van der Waals surface area (Å²) in [6, 6.07) is 2.05. The van der Waals surface area contributed by atoms with Gasteiger partial charge in [-0.15, -0.1) is 0 Å². The predicted molar refractivity (Wildman–Crippen MR) is 54.6 cm³/mol. The van der Waals surface area contributed by atoms with Gasteiger partial charge < -0.3 is 0 Å². The summed E-state index contributed by atoms with van der Waals surface area (Å²) >= 11 is 4.24. The first-order valence-corrected chi connectivity index (χ1v) is 4.92. The van der Waals surface area contributed by atoms with E-state index in [1.807, 2.05) is 0 Å². The molecule has 0 N–H and O–H groups in total. The summed E-state index contributed by atoms with van der Waals surface area (Å²) in [5.41, 5.74) is 1.24. The Morgan fingerprint density at radius 3 is 2.75 bits per heavy atom. The van der Waals surface area contributed by atoms with E-state index in [0.29, 0.717) is 5.92 Å². The van der Waals surface area contributed by atoms with Gasteiger partial charge in [-0.25, -0.2) is 4.09 Å². The summed E-state index contributed by atoms with van der Waals surface area (Å²) in [4.78, 5) is 0. The Kier molecular flexibility index (Phi) is 3.66. The molecule has 68 valence electrons. The van der Waals surface area contributed by atoms with Crippen LogP contribution >= 0.6 is 12.8 Å². The largest absolute Gasteiger partial charge is 0.214 e. The SMILES string of the molecule is CCCC(CC)c1ccnn1S. The minimum atomic E-state index is 0.620. The lowest BCUT2D eigenvalue weighted by Crippen LogP contribution is -2.01. The monoisotopic (exact) mass is 184 g/mol. The van der Waals surface area contributed by atoms with Gasteiger partial charge >= 0.3 is 0 Å². The quantitative estimate of drug-likeness (QED) is 0.712. The van der Waals surface area contributed by atoms with Crippen molar-refractivity contribution in [3.63, 3.8) is 0 Å². The Morgan fingerprint density at radius 2 is 2.33 bits per heavy atom. The molecule has 2 nitrogen and oxygen atoms in total. The lowest BCUT2D eigenvalue weighted by molar-refractivity contribution is 0.574. The van der Waals surface area contributed by atoms with Crippen LogP contribution in [-0.2, 0) is 0 Å². The molecular weight excluding hydrogens is 168 g/mol. The maximum Gasteiger partial charge on any atom is 0.0540 e. The van der Waals surface area contributed by atoms with Crippen LogP contribution in [0, 0.1) is 0 Å². The Balaban J connectivity index is 2.72. The van der Waals surface area contributed by atoms with Gasteiger partial charge in [0, 0.05) is 5.92 Å². The Morgan fingerprint density at radius 1 is 1.58 bits per heavy atom. The third-order valence-electron chi connectivity index (χ3n) is 2.20. The molecule has 0 fully saturated rings. The maximum atomic E-state index is 4.24. The summed E-state index contributed by atoms with van der Waals surface area (Å²) < 4.78 is 1.68. The third-order valence-corrected chi connectivity index (χ3v) is 2.53. The number of hydrogen-bond acceptors (Lipinski definition) is 2. The van der Waals surface area contributed by atoms with Gasteiger partial charge in [-0.05, 0) is 31.7 Å². The molecule has 1 aromatic heterocycles. The highest BCUT2D eigenvalue weighted by Crippen LogP contribution is 2.24. The molecule has 1 aromatic rings. The molecule has 12 heavy (non-hydrogen) atoms. The van der Waals surface area contributed by atoms with Crippen molar-refractivity contribution < 1.29 is 0 Å². The van der Waals surface area contributed by atoms with E-state index in [-0.39, 0.29) is 0 Å². The van der Waals surface area contributed by atoms with Gasteiger partial charge in [0.2, 0.25) is 0 Å². The normalized spacial score (nSPS) is 13.2. The lowest BCUT2D eigenvalue weighted by atomic mass is 9.97. The highest BCUT2D eigenvalue weighted by molar-refractivity contribution is 7.78. The van der Waals surface area contributed by atoms with Gasteiger partial charge in [0.1, 0.15) is 0 Å². The molecule has 0 aromatic carbocycles. The third kappa shape index (κ3) is 2.03. The molecule has 0 spiro atoms. The van der Waals surface area contributed by atoms with Crippen LogP contribution in [0.2, 0.25) is 0 Å². The van der Waals surface area contributed by atoms with E-state index in [2.05, 4.69) is 37.8 Å². The second-order valence-electron chi connectivity index (χ2n) is 3.04. The van der Waals surface area contributed by atoms with Crippen LogP contribution in [0.5, 0.6) is 0 Å². The van der Waals surface area contributed by atoms with Crippen molar-refractivity contribution in [3.05, 3.63) is 18.0 Å². The molecule has 1 heterocycles. The molecule has 0 aliphatic carbocycles. The van der Waals surface area contributed by atoms with Gasteiger partial charge in [-0.1, -0.05) is 20.3 Å². The van der Waals surface area contributed by atoms with Gasteiger partial charge in [-0.2, -0.15) is 5.10 Å². The minimum Gasteiger partial charge on any atom is -0.214 e. The van der Waals surface area contributed by atoms with Gasteiger partial charge in [-0.3, -0.25) is 0 Å². The molecule has 0 saturated carbocycles. The van der Waals surface area contributed by atoms with Crippen LogP contribution in [0.1, 0.15) is 44.7 Å². The van der Waals surface area contributed by atoms with E-state index in [9.17, 15) is 0 Å². The molecule has 0 aliphatic heterocycles. The van der Waals surface area contributed by atoms with Crippen molar-refractivity contribution in [2.24, 2.45) is 0 Å². The molecule has 1 atom stereocenters. The first-order valence-electron chi connectivity index (χ1n) is 4.52. The van der Waals surface area contributed by atoms with Crippen LogP contribution in [0.4, 0.5) is 0 Å². The fraction of sp³-hybridized carbons (Fsp3) is 0.667. The van der Waals surface area contributed by atoms with Gasteiger partial charge in [0.15, 0.2) is 0 Å². The minimum absolute atomic E-state index is 0.620. The smallest absolute Gasteiger partial charge is 0.0540 e. The lowest BCUT2D eigenvalue weighted by Gasteiger charge is -2.12. The van der Waals surface area contributed by atoms with Crippen molar-refractivity contribution in [2.75, 3.05) is 0 Å². The standard InChI is InChI=1S/C9H16N2S/c1-3-5-8(4-2)9-6-7-10-11(9)12/h6-8,12H,3-5H2,1-2H3. The number of hydrogen-bond donors (Lipinski definition) is 1. The molecule has 1 rings (SSSR count). The average molecular weight is 184 g/mol. The zero-order chi connectivity index (χ0) is 8.97. The van der Waals surface area contributed by atoms with Crippen molar-refractivity contribution in [2.45, 2.75) is 39.0 Å². The Labute approximate surface area is 79.5 Å². The van der Waals surface area contributed by atoms with Crippen LogP contribution in [0.15, 0.2) is 12.3 Å². The average Bonchev–Trinajstić information content (AvgIpc) is 2.47. The van der Waals surface area contributed by atoms with Gasteiger partial charge in [0.25, 0.3) is 0 Å². The predicted octanol–water partition coefficient (Wildman–Crippen LogP) is 2.87. The zero-order valence-electron chi connectivity index (χ0n) is 7.70. The fourth-order valence-electron chi connectivity index (χ4n) is 1.52. The second-order valence-corrected chi connectivity index (χ2v) is 3.42. The molecule has 1 unspecified atom stereocenters. The molecule has 0 aliphatic rings. The molecule has 3 heteroatoms. The van der Waals surface area contributed by atoms with Crippen molar-refractivity contribution >= 4 is 12.8 Å². The van der Waals surface area contributed by atoms with E-state index in [1.165, 1.54) is 25.0 Å². The molecule has 0 radical (unpaired) electrons.